The molecule has 5 rings (SSSR count). The van der Waals surface area contributed by atoms with Crippen LogP contribution in [0.25, 0.3) is 21.6 Å². The first kappa shape index (κ1) is 19.8. The summed E-state index contributed by atoms with van der Waals surface area (Å²) in [4.78, 5) is 28.2. The summed E-state index contributed by atoms with van der Waals surface area (Å²) in [7, 11) is 1.69. The number of pyridine rings is 1. The number of amides is 1. The average Bonchev–Trinajstić information content (AvgIpc) is 3.42. The second-order valence-corrected chi connectivity index (χ2v) is 8.87. The summed E-state index contributed by atoms with van der Waals surface area (Å²) >= 11 is 1.44. The highest BCUT2D eigenvalue weighted by atomic mass is 32.1. The third-order valence-electron chi connectivity index (χ3n) is 6.02. The molecule has 31 heavy (non-hydrogen) atoms. The van der Waals surface area contributed by atoms with E-state index in [4.69, 9.17) is 4.74 Å². The van der Waals surface area contributed by atoms with Gasteiger partial charge in [-0.2, -0.15) is 0 Å². The number of fused-ring (bicyclic) bond motifs is 1. The summed E-state index contributed by atoms with van der Waals surface area (Å²) in [5.74, 6) is 1.37. The molecule has 1 N–H and O–H groups in total. The number of carbonyl (C=O) groups is 1. The molecule has 0 saturated carbocycles. The van der Waals surface area contributed by atoms with E-state index in [2.05, 4.69) is 33.3 Å². The number of nitrogens with one attached hydrogen (secondary N) is 1. The molecule has 3 aromatic heterocycles. The van der Waals surface area contributed by atoms with Crippen molar-refractivity contribution in [3.05, 3.63) is 64.9 Å². The van der Waals surface area contributed by atoms with E-state index in [1.165, 1.54) is 22.3 Å². The van der Waals surface area contributed by atoms with E-state index < -0.39 is 0 Å². The van der Waals surface area contributed by atoms with Gasteiger partial charge in [-0.25, -0.2) is 4.98 Å². The molecule has 1 aromatic carbocycles. The van der Waals surface area contributed by atoms with Gasteiger partial charge in [0.05, 0.1) is 18.5 Å². The van der Waals surface area contributed by atoms with Crippen molar-refractivity contribution in [2.45, 2.75) is 25.7 Å². The number of ether oxygens (including phenoxy) is 1. The number of aromatic amines is 1. The number of methoxy groups -OCH3 is 1. The Morgan fingerprint density at radius 2 is 2.06 bits per heavy atom. The fourth-order valence-corrected chi connectivity index (χ4v) is 5.33. The van der Waals surface area contributed by atoms with Crippen LogP contribution in [0.2, 0.25) is 0 Å². The van der Waals surface area contributed by atoms with Crippen LogP contribution in [0.15, 0.2) is 48.8 Å². The number of hydrogen-bond acceptors (Lipinski definition) is 5. The van der Waals surface area contributed by atoms with Gasteiger partial charge in [-0.3, -0.25) is 9.78 Å². The first-order valence-corrected chi connectivity index (χ1v) is 11.3. The zero-order valence-electron chi connectivity index (χ0n) is 17.6. The van der Waals surface area contributed by atoms with Crippen LogP contribution in [0, 0.1) is 6.92 Å². The third kappa shape index (κ3) is 3.70. The number of benzene rings is 1. The molecular weight excluding hydrogens is 408 g/mol. The summed E-state index contributed by atoms with van der Waals surface area (Å²) in [5, 5.41) is 2.01. The van der Waals surface area contributed by atoms with Crippen molar-refractivity contribution in [1.29, 1.82) is 0 Å². The summed E-state index contributed by atoms with van der Waals surface area (Å²) in [6, 6.07) is 11.9. The van der Waals surface area contributed by atoms with Crippen molar-refractivity contribution in [3.8, 4) is 16.5 Å². The maximum absolute atomic E-state index is 13.2. The van der Waals surface area contributed by atoms with Crippen LogP contribution in [0.3, 0.4) is 0 Å². The van der Waals surface area contributed by atoms with Crippen LogP contribution >= 0.6 is 11.3 Å². The molecule has 1 fully saturated rings. The van der Waals surface area contributed by atoms with E-state index in [0.29, 0.717) is 5.92 Å². The fraction of sp³-hybridized carbons (Fsp3) is 0.292. The topological polar surface area (TPSA) is 71.1 Å². The van der Waals surface area contributed by atoms with Gasteiger partial charge in [-0.1, -0.05) is 6.07 Å². The Kier molecular flexibility index (Phi) is 5.19. The number of aromatic nitrogens is 3. The smallest absolute Gasteiger partial charge is 0.265 e. The predicted octanol–water partition coefficient (Wildman–Crippen LogP) is 5.02. The molecule has 1 aliphatic rings. The van der Waals surface area contributed by atoms with Crippen molar-refractivity contribution in [2.24, 2.45) is 0 Å². The lowest BCUT2D eigenvalue weighted by Gasteiger charge is -2.31. The summed E-state index contributed by atoms with van der Waals surface area (Å²) in [6.07, 6.45) is 5.75. The largest absolute Gasteiger partial charge is 0.497 e. The van der Waals surface area contributed by atoms with E-state index in [1.54, 1.807) is 13.3 Å². The molecule has 0 atom stereocenters. The quantitative estimate of drug-likeness (QED) is 0.491. The van der Waals surface area contributed by atoms with Crippen LogP contribution in [-0.2, 0) is 0 Å². The van der Waals surface area contributed by atoms with Gasteiger partial charge < -0.3 is 14.6 Å². The molecule has 0 bridgehead atoms. The highest BCUT2D eigenvalue weighted by Gasteiger charge is 2.28. The minimum absolute atomic E-state index is 0.0798. The number of hydrogen-bond donors (Lipinski definition) is 1. The molecule has 0 aliphatic carbocycles. The van der Waals surface area contributed by atoms with E-state index in [9.17, 15) is 4.79 Å². The van der Waals surface area contributed by atoms with Gasteiger partial charge in [0.15, 0.2) is 0 Å². The Labute approximate surface area is 184 Å². The molecule has 0 radical (unpaired) electrons. The van der Waals surface area contributed by atoms with Crippen LogP contribution in [0.4, 0.5) is 0 Å². The Morgan fingerprint density at radius 1 is 1.23 bits per heavy atom. The van der Waals surface area contributed by atoms with E-state index >= 15 is 0 Å². The second-order valence-electron chi connectivity index (χ2n) is 7.87. The fourth-order valence-electron chi connectivity index (χ4n) is 4.32. The van der Waals surface area contributed by atoms with Gasteiger partial charge >= 0.3 is 0 Å². The number of piperidine rings is 1. The average molecular weight is 433 g/mol. The van der Waals surface area contributed by atoms with Crippen molar-refractivity contribution >= 4 is 28.1 Å². The molecule has 4 heterocycles. The summed E-state index contributed by atoms with van der Waals surface area (Å²) < 4.78 is 5.40. The SMILES string of the molecule is COc1ccc2[nH]cc(C3CCN(C(=O)c4sc(-c5ccccn5)nc4C)CC3)c2c1. The number of likely N-dealkylation sites (tertiary alicyclic amines) is 1. The number of rotatable bonds is 4. The molecule has 7 heteroatoms. The number of aryl methyl sites for hydroxylation is 1. The van der Waals surface area contributed by atoms with E-state index in [-0.39, 0.29) is 5.91 Å². The molecule has 0 spiro atoms. The van der Waals surface area contributed by atoms with Crippen LogP contribution in [-0.4, -0.2) is 46.0 Å². The monoisotopic (exact) mass is 432 g/mol. The molecule has 1 saturated heterocycles. The highest BCUT2D eigenvalue weighted by molar-refractivity contribution is 7.17. The number of carbonyl (C=O) groups excluding carboxylic acids is 1. The van der Waals surface area contributed by atoms with Gasteiger partial charge in [-0.05, 0) is 61.6 Å². The van der Waals surface area contributed by atoms with Crippen molar-refractivity contribution in [1.82, 2.24) is 19.9 Å². The van der Waals surface area contributed by atoms with Gasteiger partial charge in [0, 0.05) is 36.4 Å². The number of H-pyrrole nitrogens is 1. The van der Waals surface area contributed by atoms with Crippen molar-refractivity contribution in [3.63, 3.8) is 0 Å². The standard InChI is InChI=1S/C24H24N4O2S/c1-15-22(31-23(27-15)21-5-3-4-10-25-21)24(29)28-11-8-16(9-12-28)19-14-26-20-7-6-17(30-2)13-18(19)20/h3-7,10,13-14,16,26H,8-9,11-12H2,1-2H3. The van der Waals surface area contributed by atoms with Crippen molar-refractivity contribution < 1.29 is 9.53 Å². The number of nitrogens with zero attached hydrogens (tertiary/aromatic N) is 3. The third-order valence-corrected chi connectivity index (χ3v) is 7.19. The Balaban J connectivity index is 1.31. The summed E-state index contributed by atoms with van der Waals surface area (Å²) in [5.41, 5.74) is 4.02. The van der Waals surface area contributed by atoms with Crippen molar-refractivity contribution in [2.75, 3.05) is 20.2 Å². The van der Waals surface area contributed by atoms with E-state index in [0.717, 1.165) is 58.5 Å². The maximum Gasteiger partial charge on any atom is 0.265 e. The first-order chi connectivity index (χ1) is 15.1. The normalized spacial score (nSPS) is 14.8. The van der Waals surface area contributed by atoms with Gasteiger partial charge in [0.25, 0.3) is 5.91 Å². The maximum atomic E-state index is 13.2. The second kappa shape index (κ2) is 8.15. The zero-order chi connectivity index (χ0) is 21.4. The predicted molar refractivity (Wildman–Crippen MR) is 123 cm³/mol. The van der Waals surface area contributed by atoms with Gasteiger partial charge in [0.2, 0.25) is 0 Å². The van der Waals surface area contributed by atoms with Crippen LogP contribution in [0.5, 0.6) is 5.75 Å². The number of thiazole rings is 1. The molecule has 0 unspecified atom stereocenters. The summed E-state index contributed by atoms with van der Waals surface area (Å²) in [6.45, 7) is 3.40. The lowest BCUT2D eigenvalue weighted by Crippen LogP contribution is -2.37. The van der Waals surface area contributed by atoms with E-state index in [1.807, 2.05) is 36.1 Å². The molecule has 1 aliphatic heterocycles. The van der Waals surface area contributed by atoms with Gasteiger partial charge in [0.1, 0.15) is 15.6 Å². The Bertz CT molecular complexity index is 1220. The first-order valence-electron chi connectivity index (χ1n) is 10.5. The molecule has 1 amide bonds. The molecule has 6 nitrogen and oxygen atoms in total. The highest BCUT2D eigenvalue weighted by Crippen LogP contribution is 2.36. The molecule has 4 aromatic rings. The minimum Gasteiger partial charge on any atom is -0.497 e. The molecule has 158 valence electrons. The lowest BCUT2D eigenvalue weighted by atomic mass is 9.89. The Morgan fingerprint density at radius 3 is 2.81 bits per heavy atom. The molecular formula is C24H24N4O2S. The lowest BCUT2D eigenvalue weighted by molar-refractivity contribution is 0.0717. The minimum atomic E-state index is 0.0798. The van der Waals surface area contributed by atoms with Crippen LogP contribution in [0.1, 0.15) is 39.7 Å². The zero-order valence-corrected chi connectivity index (χ0v) is 18.4. The van der Waals surface area contributed by atoms with Gasteiger partial charge in [-0.15, -0.1) is 11.3 Å². The Hall–Kier alpha value is -3.19. The van der Waals surface area contributed by atoms with Crippen LogP contribution < -0.4 is 4.74 Å².